The van der Waals surface area contributed by atoms with Gasteiger partial charge < -0.3 is 14.5 Å². The second-order valence-electron chi connectivity index (χ2n) is 7.52. The first-order chi connectivity index (χ1) is 14.9. The van der Waals surface area contributed by atoms with Crippen molar-refractivity contribution in [1.82, 2.24) is 4.72 Å². The summed E-state index contributed by atoms with van der Waals surface area (Å²) < 4.78 is 38.6. The van der Waals surface area contributed by atoms with Gasteiger partial charge in [0.2, 0.25) is 10.0 Å². The topological polar surface area (TPSA) is 97.6 Å². The van der Waals surface area contributed by atoms with Crippen molar-refractivity contribution >= 4 is 43.6 Å². The summed E-state index contributed by atoms with van der Waals surface area (Å²) in [5.74, 6) is 0.119. The second kappa shape index (κ2) is 7.40. The first-order valence-corrected chi connectivity index (χ1v) is 11.4. The summed E-state index contributed by atoms with van der Waals surface area (Å²) in [6, 6.07) is 17.1. The Labute approximate surface area is 179 Å². The van der Waals surface area contributed by atoms with Crippen molar-refractivity contribution in [2.24, 2.45) is 0 Å². The maximum atomic E-state index is 12.8. The Bertz CT molecular complexity index is 1400. The molecular weight excluding hydrogens is 416 g/mol. The molecule has 1 aliphatic carbocycles. The highest BCUT2D eigenvalue weighted by atomic mass is 32.2. The van der Waals surface area contributed by atoms with E-state index in [0.29, 0.717) is 22.6 Å². The fourth-order valence-electron chi connectivity index (χ4n) is 3.49. The van der Waals surface area contributed by atoms with Crippen molar-refractivity contribution in [1.29, 1.82) is 0 Å². The highest BCUT2D eigenvalue weighted by molar-refractivity contribution is 7.89. The summed E-state index contributed by atoms with van der Waals surface area (Å²) in [7, 11) is -2.03. The second-order valence-corrected chi connectivity index (χ2v) is 9.23. The van der Waals surface area contributed by atoms with Gasteiger partial charge >= 0.3 is 0 Å². The fourth-order valence-corrected chi connectivity index (χ4v) is 4.79. The van der Waals surface area contributed by atoms with E-state index in [2.05, 4.69) is 10.0 Å². The van der Waals surface area contributed by atoms with Crippen LogP contribution in [0.15, 0.2) is 70.0 Å². The van der Waals surface area contributed by atoms with Crippen molar-refractivity contribution in [2.75, 3.05) is 12.4 Å². The summed E-state index contributed by atoms with van der Waals surface area (Å²) in [4.78, 5) is 12.9. The van der Waals surface area contributed by atoms with Crippen molar-refractivity contribution in [3.63, 3.8) is 0 Å². The van der Waals surface area contributed by atoms with Crippen LogP contribution in [0.1, 0.15) is 23.2 Å². The molecule has 1 amide bonds. The summed E-state index contributed by atoms with van der Waals surface area (Å²) in [5.41, 5.74) is 2.17. The number of hydrogen-bond acceptors (Lipinski definition) is 5. The number of methoxy groups -OCH3 is 1. The van der Waals surface area contributed by atoms with Crippen LogP contribution in [0.2, 0.25) is 0 Å². The monoisotopic (exact) mass is 436 g/mol. The molecule has 158 valence electrons. The number of fused-ring (bicyclic) bond motifs is 3. The number of rotatable bonds is 6. The smallest absolute Gasteiger partial charge is 0.255 e. The summed E-state index contributed by atoms with van der Waals surface area (Å²) in [6.45, 7) is 0. The van der Waals surface area contributed by atoms with Crippen LogP contribution in [0.4, 0.5) is 5.69 Å². The van der Waals surface area contributed by atoms with Gasteiger partial charge in [0, 0.05) is 28.4 Å². The van der Waals surface area contributed by atoms with E-state index in [1.54, 1.807) is 6.07 Å². The molecule has 1 saturated carbocycles. The largest absolute Gasteiger partial charge is 0.495 e. The summed E-state index contributed by atoms with van der Waals surface area (Å²) >= 11 is 0. The summed E-state index contributed by atoms with van der Waals surface area (Å²) in [5, 5.41) is 4.68. The molecule has 8 heteroatoms. The average molecular weight is 436 g/mol. The molecule has 2 N–H and O–H groups in total. The molecule has 1 aliphatic rings. The molecule has 1 aromatic heterocycles. The molecule has 0 spiro atoms. The van der Waals surface area contributed by atoms with Gasteiger partial charge in [0.05, 0.1) is 17.7 Å². The minimum Gasteiger partial charge on any atom is -0.495 e. The molecule has 5 rings (SSSR count). The van der Waals surface area contributed by atoms with Crippen molar-refractivity contribution in [3.05, 3.63) is 66.2 Å². The Morgan fingerprint density at radius 2 is 1.74 bits per heavy atom. The van der Waals surface area contributed by atoms with Crippen molar-refractivity contribution in [3.8, 4) is 5.75 Å². The number of ether oxygens (including phenoxy) is 1. The Balaban J connectivity index is 1.42. The fraction of sp³-hybridized carbons (Fsp3) is 0.174. The number of furan rings is 1. The molecule has 0 bridgehead atoms. The Kier molecular flexibility index (Phi) is 4.68. The maximum absolute atomic E-state index is 12.8. The van der Waals surface area contributed by atoms with E-state index >= 15 is 0 Å². The lowest BCUT2D eigenvalue weighted by Crippen LogP contribution is -2.25. The van der Waals surface area contributed by atoms with Crippen LogP contribution in [-0.4, -0.2) is 27.5 Å². The van der Waals surface area contributed by atoms with Gasteiger partial charge in [-0.2, -0.15) is 0 Å². The lowest BCUT2D eigenvalue weighted by Gasteiger charge is -2.11. The zero-order valence-corrected chi connectivity index (χ0v) is 17.5. The molecule has 0 aliphatic heterocycles. The molecule has 1 fully saturated rings. The van der Waals surface area contributed by atoms with Gasteiger partial charge in [-0.15, -0.1) is 0 Å². The number of carbonyl (C=O) groups excluding carboxylic acids is 1. The number of benzene rings is 3. The SMILES string of the molecule is COc1cc2c(cc1NC(=O)c1ccc(S(=O)(=O)NC3CC3)cc1)oc1ccccc12. The van der Waals surface area contributed by atoms with Crippen molar-refractivity contribution in [2.45, 2.75) is 23.8 Å². The van der Waals surface area contributed by atoms with E-state index in [1.807, 2.05) is 30.3 Å². The van der Waals surface area contributed by atoms with Crippen LogP contribution in [0.25, 0.3) is 21.9 Å². The molecule has 1 heterocycles. The normalized spacial score (nSPS) is 14.1. The van der Waals surface area contributed by atoms with Crippen LogP contribution >= 0.6 is 0 Å². The third-order valence-corrected chi connectivity index (χ3v) is 6.81. The first-order valence-electron chi connectivity index (χ1n) is 9.87. The molecule has 3 aromatic carbocycles. The predicted molar refractivity (Wildman–Crippen MR) is 118 cm³/mol. The minimum absolute atomic E-state index is 0.0219. The number of amides is 1. The molecule has 0 saturated heterocycles. The Hall–Kier alpha value is -3.36. The highest BCUT2D eigenvalue weighted by Crippen LogP contribution is 2.36. The Morgan fingerprint density at radius 1 is 1.00 bits per heavy atom. The summed E-state index contributed by atoms with van der Waals surface area (Å²) in [6.07, 6.45) is 1.72. The van der Waals surface area contributed by atoms with Gasteiger partial charge in [-0.1, -0.05) is 18.2 Å². The van der Waals surface area contributed by atoms with Gasteiger partial charge in [0.1, 0.15) is 16.9 Å². The van der Waals surface area contributed by atoms with E-state index in [4.69, 9.17) is 9.15 Å². The molecule has 7 nitrogen and oxygen atoms in total. The van der Waals surface area contributed by atoms with E-state index < -0.39 is 10.0 Å². The minimum atomic E-state index is -3.56. The number of para-hydroxylation sites is 1. The lowest BCUT2D eigenvalue weighted by atomic mass is 10.1. The zero-order valence-electron chi connectivity index (χ0n) is 16.7. The molecule has 0 atom stereocenters. The van der Waals surface area contributed by atoms with E-state index in [9.17, 15) is 13.2 Å². The van der Waals surface area contributed by atoms with Crippen LogP contribution in [0.5, 0.6) is 5.75 Å². The standard InChI is InChI=1S/C23H20N2O5S/c1-29-22-12-18-17-4-2-3-5-20(17)30-21(18)13-19(22)24-23(26)14-6-10-16(11-7-14)31(27,28)25-15-8-9-15/h2-7,10-13,15,25H,8-9H2,1H3,(H,24,26). The quantitative estimate of drug-likeness (QED) is 0.470. The number of hydrogen-bond donors (Lipinski definition) is 2. The molecule has 0 unspecified atom stereocenters. The van der Waals surface area contributed by atoms with Crippen LogP contribution in [-0.2, 0) is 10.0 Å². The van der Waals surface area contributed by atoms with Gasteiger partial charge in [-0.05, 0) is 49.2 Å². The van der Waals surface area contributed by atoms with Crippen LogP contribution in [0, 0.1) is 0 Å². The average Bonchev–Trinajstić information content (AvgIpc) is 3.50. The number of anilines is 1. The van der Waals surface area contributed by atoms with E-state index in [1.165, 1.54) is 31.4 Å². The van der Waals surface area contributed by atoms with Gasteiger partial charge in [0.25, 0.3) is 5.91 Å². The number of nitrogens with one attached hydrogen (secondary N) is 2. The Morgan fingerprint density at radius 3 is 2.45 bits per heavy atom. The first kappa shape index (κ1) is 19.6. The third kappa shape index (κ3) is 3.75. The van der Waals surface area contributed by atoms with Crippen molar-refractivity contribution < 1.29 is 22.4 Å². The van der Waals surface area contributed by atoms with E-state index in [0.717, 1.165) is 29.2 Å². The predicted octanol–water partition coefficient (Wildman–Crippen LogP) is 4.29. The molecule has 0 radical (unpaired) electrons. The molecule has 31 heavy (non-hydrogen) atoms. The van der Waals surface area contributed by atoms with Crippen LogP contribution in [0.3, 0.4) is 0 Å². The van der Waals surface area contributed by atoms with Gasteiger partial charge in [0.15, 0.2) is 0 Å². The third-order valence-electron chi connectivity index (χ3n) is 5.27. The highest BCUT2D eigenvalue weighted by Gasteiger charge is 2.28. The number of sulfonamides is 1. The molecule has 4 aromatic rings. The maximum Gasteiger partial charge on any atom is 0.255 e. The van der Waals surface area contributed by atoms with E-state index in [-0.39, 0.29) is 16.8 Å². The number of carbonyl (C=O) groups is 1. The van der Waals surface area contributed by atoms with Gasteiger partial charge in [-0.3, -0.25) is 4.79 Å². The lowest BCUT2D eigenvalue weighted by molar-refractivity contribution is 0.102. The molecular formula is C23H20N2O5S. The van der Waals surface area contributed by atoms with Crippen LogP contribution < -0.4 is 14.8 Å². The zero-order chi connectivity index (χ0) is 21.6. The van der Waals surface area contributed by atoms with Gasteiger partial charge in [-0.25, -0.2) is 13.1 Å².